The highest BCUT2D eigenvalue weighted by molar-refractivity contribution is 7.92. The van der Waals surface area contributed by atoms with Crippen LogP contribution >= 0.6 is 0 Å². The van der Waals surface area contributed by atoms with Crippen molar-refractivity contribution < 1.29 is 22.4 Å². The van der Waals surface area contributed by atoms with E-state index in [1.165, 1.54) is 15.3 Å². The zero-order chi connectivity index (χ0) is 24.4. The minimum atomic E-state index is -3.54. The van der Waals surface area contributed by atoms with Gasteiger partial charge in [0.2, 0.25) is 21.8 Å². The first-order valence-corrected chi connectivity index (χ1v) is 12.8. The van der Waals surface area contributed by atoms with Crippen LogP contribution in [0, 0.1) is 5.82 Å². The van der Waals surface area contributed by atoms with E-state index in [0.717, 1.165) is 12.7 Å². The highest BCUT2D eigenvalue weighted by Crippen LogP contribution is 2.19. The number of nitrogens with zero attached hydrogens (tertiary/aromatic N) is 2. The number of halogens is 1. The average Bonchev–Trinajstić information content (AvgIpc) is 2.78. The van der Waals surface area contributed by atoms with Crippen molar-refractivity contribution in [2.75, 3.05) is 23.7 Å². The van der Waals surface area contributed by atoms with Gasteiger partial charge in [-0.1, -0.05) is 43.3 Å². The van der Waals surface area contributed by atoms with Gasteiger partial charge in [-0.05, 0) is 38.0 Å². The van der Waals surface area contributed by atoms with Crippen LogP contribution in [-0.2, 0) is 26.2 Å². The third-order valence-electron chi connectivity index (χ3n) is 5.21. The van der Waals surface area contributed by atoms with Crippen LogP contribution in [0.3, 0.4) is 0 Å². The topological polar surface area (TPSA) is 86.8 Å². The van der Waals surface area contributed by atoms with Crippen LogP contribution in [0.25, 0.3) is 0 Å². The molecule has 2 aromatic rings. The number of carbonyl (C=O) groups excluding carboxylic acids is 2. The van der Waals surface area contributed by atoms with Gasteiger partial charge in [0.05, 0.1) is 11.9 Å². The van der Waals surface area contributed by atoms with Crippen molar-refractivity contribution in [3.8, 4) is 0 Å². The van der Waals surface area contributed by atoms with E-state index in [-0.39, 0.29) is 37.7 Å². The van der Waals surface area contributed by atoms with Crippen LogP contribution in [0.1, 0.15) is 38.7 Å². The third kappa shape index (κ3) is 7.85. The number of rotatable bonds is 12. The Morgan fingerprint density at radius 2 is 1.70 bits per heavy atom. The predicted octanol–water partition coefficient (Wildman–Crippen LogP) is 3.32. The molecule has 0 saturated carbocycles. The summed E-state index contributed by atoms with van der Waals surface area (Å²) in [6.07, 6.45) is 2.13. The van der Waals surface area contributed by atoms with Crippen LogP contribution in [0.5, 0.6) is 0 Å². The van der Waals surface area contributed by atoms with Crippen molar-refractivity contribution >= 4 is 27.5 Å². The first-order chi connectivity index (χ1) is 15.6. The Bertz CT molecular complexity index is 1030. The van der Waals surface area contributed by atoms with Crippen LogP contribution in [0.4, 0.5) is 10.1 Å². The minimum absolute atomic E-state index is 0.0126. The standard InChI is InChI=1S/C24H32FN3O4S/c1-4-16-26-24(30)19(2)27(18-20-11-8-9-14-22(20)25)23(29)15-10-17-28(33(3,31)32)21-12-6-5-7-13-21/h5-9,11-14,19H,4,10,15-18H2,1-3H3,(H,26,30)/t19-/m0/s1. The van der Waals surface area contributed by atoms with E-state index >= 15 is 0 Å². The van der Waals surface area contributed by atoms with Crippen molar-refractivity contribution in [3.63, 3.8) is 0 Å². The highest BCUT2D eigenvalue weighted by Gasteiger charge is 2.27. The molecule has 0 heterocycles. The van der Waals surface area contributed by atoms with Gasteiger partial charge in [0.1, 0.15) is 11.9 Å². The van der Waals surface area contributed by atoms with Gasteiger partial charge >= 0.3 is 0 Å². The van der Waals surface area contributed by atoms with Gasteiger partial charge in [0.25, 0.3) is 0 Å². The Morgan fingerprint density at radius 3 is 2.30 bits per heavy atom. The van der Waals surface area contributed by atoms with E-state index in [9.17, 15) is 22.4 Å². The molecule has 0 spiro atoms. The van der Waals surface area contributed by atoms with Gasteiger partial charge < -0.3 is 10.2 Å². The average molecular weight is 478 g/mol. The number of carbonyl (C=O) groups is 2. The lowest BCUT2D eigenvalue weighted by atomic mass is 10.1. The lowest BCUT2D eigenvalue weighted by molar-refractivity contribution is -0.140. The smallest absolute Gasteiger partial charge is 0.242 e. The maximum atomic E-state index is 14.2. The second-order valence-electron chi connectivity index (χ2n) is 7.85. The SMILES string of the molecule is CCCNC(=O)[C@H](C)N(Cc1ccccc1F)C(=O)CCCN(c1ccccc1)S(C)(=O)=O. The molecule has 1 N–H and O–H groups in total. The Labute approximate surface area is 195 Å². The lowest BCUT2D eigenvalue weighted by Crippen LogP contribution is -2.48. The summed E-state index contributed by atoms with van der Waals surface area (Å²) < 4.78 is 40.0. The number of benzene rings is 2. The molecule has 7 nitrogen and oxygen atoms in total. The summed E-state index contributed by atoms with van der Waals surface area (Å²) in [6.45, 7) is 4.06. The maximum absolute atomic E-state index is 14.2. The zero-order valence-electron chi connectivity index (χ0n) is 19.3. The third-order valence-corrected chi connectivity index (χ3v) is 6.41. The van der Waals surface area contributed by atoms with E-state index in [1.807, 2.05) is 6.92 Å². The van der Waals surface area contributed by atoms with Crippen LogP contribution in [-0.4, -0.2) is 50.5 Å². The molecule has 1 atom stereocenters. The van der Waals surface area contributed by atoms with E-state index in [1.54, 1.807) is 55.5 Å². The fourth-order valence-corrected chi connectivity index (χ4v) is 4.35. The predicted molar refractivity (Wildman–Crippen MR) is 128 cm³/mol. The Morgan fingerprint density at radius 1 is 1.06 bits per heavy atom. The molecule has 2 amide bonds. The first-order valence-electron chi connectivity index (χ1n) is 11.0. The Hall–Kier alpha value is -2.94. The number of para-hydroxylation sites is 1. The summed E-state index contributed by atoms with van der Waals surface area (Å²) in [7, 11) is -3.54. The number of anilines is 1. The van der Waals surface area contributed by atoms with Crippen molar-refractivity contribution in [1.82, 2.24) is 10.2 Å². The molecule has 33 heavy (non-hydrogen) atoms. The molecule has 0 aliphatic heterocycles. The van der Waals surface area contributed by atoms with Gasteiger partial charge in [-0.25, -0.2) is 12.8 Å². The van der Waals surface area contributed by atoms with E-state index < -0.39 is 21.9 Å². The summed E-state index contributed by atoms with van der Waals surface area (Å²) in [5.74, 6) is -1.12. The number of hydrogen-bond donors (Lipinski definition) is 1. The lowest BCUT2D eigenvalue weighted by Gasteiger charge is -2.29. The Balaban J connectivity index is 2.14. The summed E-state index contributed by atoms with van der Waals surface area (Å²) in [4.78, 5) is 27.0. The van der Waals surface area contributed by atoms with Crippen LogP contribution < -0.4 is 9.62 Å². The molecule has 0 aromatic heterocycles. The quantitative estimate of drug-likeness (QED) is 0.508. The van der Waals surface area contributed by atoms with E-state index in [4.69, 9.17) is 0 Å². The summed E-state index contributed by atoms with van der Waals surface area (Å²) in [5, 5.41) is 2.77. The second-order valence-corrected chi connectivity index (χ2v) is 9.76. The number of sulfonamides is 1. The fourth-order valence-electron chi connectivity index (χ4n) is 3.39. The zero-order valence-corrected chi connectivity index (χ0v) is 20.1. The molecule has 0 aliphatic carbocycles. The highest BCUT2D eigenvalue weighted by atomic mass is 32.2. The fraction of sp³-hybridized carbons (Fsp3) is 0.417. The van der Waals surface area contributed by atoms with Crippen LogP contribution in [0.15, 0.2) is 54.6 Å². The van der Waals surface area contributed by atoms with Gasteiger partial charge in [0, 0.05) is 31.6 Å². The van der Waals surface area contributed by atoms with Crippen molar-refractivity contribution in [3.05, 3.63) is 66.0 Å². The summed E-state index contributed by atoms with van der Waals surface area (Å²) in [6, 6.07) is 14.0. The molecule has 0 saturated heterocycles. The van der Waals surface area contributed by atoms with Crippen molar-refractivity contribution in [1.29, 1.82) is 0 Å². The van der Waals surface area contributed by atoms with Gasteiger partial charge in [-0.3, -0.25) is 13.9 Å². The maximum Gasteiger partial charge on any atom is 0.242 e. The molecule has 0 unspecified atom stereocenters. The molecular weight excluding hydrogens is 445 g/mol. The number of nitrogens with one attached hydrogen (secondary N) is 1. The normalized spacial score (nSPS) is 12.1. The largest absolute Gasteiger partial charge is 0.354 e. The molecule has 0 aliphatic rings. The van der Waals surface area contributed by atoms with Crippen molar-refractivity contribution in [2.24, 2.45) is 0 Å². The summed E-state index contributed by atoms with van der Waals surface area (Å²) >= 11 is 0. The molecule has 2 aromatic carbocycles. The molecule has 2 rings (SSSR count). The van der Waals surface area contributed by atoms with Gasteiger partial charge in [-0.15, -0.1) is 0 Å². The number of hydrogen-bond acceptors (Lipinski definition) is 4. The molecule has 9 heteroatoms. The molecule has 0 fully saturated rings. The number of amides is 2. The summed E-state index contributed by atoms with van der Waals surface area (Å²) in [5.41, 5.74) is 0.825. The molecule has 180 valence electrons. The van der Waals surface area contributed by atoms with Gasteiger partial charge in [0.15, 0.2) is 0 Å². The second kappa shape index (κ2) is 12.3. The van der Waals surface area contributed by atoms with E-state index in [0.29, 0.717) is 17.8 Å². The first kappa shape index (κ1) is 26.3. The molecular formula is C24H32FN3O4S. The minimum Gasteiger partial charge on any atom is -0.354 e. The van der Waals surface area contributed by atoms with E-state index in [2.05, 4.69) is 5.32 Å². The molecule has 0 radical (unpaired) electrons. The molecule has 0 bridgehead atoms. The van der Waals surface area contributed by atoms with Crippen molar-refractivity contribution in [2.45, 2.75) is 45.7 Å². The van der Waals surface area contributed by atoms with Crippen LogP contribution in [0.2, 0.25) is 0 Å². The van der Waals surface area contributed by atoms with Gasteiger partial charge in [-0.2, -0.15) is 0 Å². The monoisotopic (exact) mass is 477 g/mol. The Kier molecular flexibility index (Phi) is 9.84.